The molecule has 0 spiro atoms. The van der Waals surface area contributed by atoms with Crippen LogP contribution in [-0.2, 0) is 4.79 Å². The van der Waals surface area contributed by atoms with E-state index in [-0.39, 0.29) is 5.92 Å². The molecule has 0 heterocycles. The summed E-state index contributed by atoms with van der Waals surface area (Å²) in [6, 6.07) is 17.3. The molecule has 1 aliphatic carbocycles. The molecule has 0 bridgehead atoms. The Hall–Kier alpha value is -2.35. The summed E-state index contributed by atoms with van der Waals surface area (Å²) in [5.74, 6) is 0.177. The molecule has 2 aromatic carbocycles. The average Bonchev–Trinajstić information content (AvgIpc) is 2.59. The van der Waals surface area contributed by atoms with Gasteiger partial charge < -0.3 is 9.69 Å². The van der Waals surface area contributed by atoms with Crippen molar-refractivity contribution in [2.45, 2.75) is 33.1 Å². The van der Waals surface area contributed by atoms with E-state index in [1.807, 2.05) is 0 Å². The Kier molecular flexibility index (Phi) is 4.61. The number of nitrogens with zero attached hydrogens (tertiary/aromatic N) is 1. The molecule has 0 saturated heterocycles. The fourth-order valence-electron chi connectivity index (χ4n) is 3.04. The number of rotatable bonds is 4. The highest BCUT2D eigenvalue weighted by molar-refractivity contribution is 5.69. The first-order valence-corrected chi connectivity index (χ1v) is 8.25. The second-order valence-electron chi connectivity index (χ2n) is 6.37. The van der Waals surface area contributed by atoms with Gasteiger partial charge in [0.2, 0.25) is 0 Å². The molecule has 3 rings (SSSR count). The molecule has 2 aromatic rings. The van der Waals surface area contributed by atoms with Crippen LogP contribution in [0, 0.1) is 19.8 Å². The third kappa shape index (κ3) is 3.53. The highest BCUT2D eigenvalue weighted by atomic mass is 16.1. The maximum Gasteiger partial charge on any atom is 0.123 e. The number of carbonyl (C=O) groups is 1. The quantitative estimate of drug-likeness (QED) is 0.712. The van der Waals surface area contributed by atoms with E-state index >= 15 is 0 Å². The molecular weight excluding hydrogens is 282 g/mol. The van der Waals surface area contributed by atoms with Crippen molar-refractivity contribution in [1.29, 1.82) is 0 Å². The standard InChI is InChI=1S/C21H23NO/c1-16-3-9-19(10-4-16)22(20-11-5-17(2)6-12-20)21-13-7-18(15-23)8-14-21/h3-6,9-13,15,18H,7-8,14H2,1-2H3. The smallest absolute Gasteiger partial charge is 0.123 e. The van der Waals surface area contributed by atoms with Gasteiger partial charge in [-0.3, -0.25) is 0 Å². The monoisotopic (exact) mass is 305 g/mol. The maximum absolute atomic E-state index is 11.0. The SMILES string of the molecule is Cc1ccc(N(C2=CCC(C=O)CC2)c2ccc(C)cc2)cc1. The van der Waals surface area contributed by atoms with Gasteiger partial charge in [-0.15, -0.1) is 0 Å². The third-order valence-electron chi connectivity index (χ3n) is 4.49. The molecule has 0 saturated carbocycles. The average molecular weight is 305 g/mol. The molecule has 23 heavy (non-hydrogen) atoms. The van der Waals surface area contributed by atoms with Gasteiger partial charge in [-0.05, 0) is 57.4 Å². The van der Waals surface area contributed by atoms with E-state index < -0.39 is 0 Å². The number of hydrogen-bond acceptors (Lipinski definition) is 2. The van der Waals surface area contributed by atoms with E-state index in [2.05, 4.69) is 73.4 Å². The molecular formula is C21H23NO. The van der Waals surface area contributed by atoms with Crippen molar-refractivity contribution >= 4 is 17.7 Å². The Morgan fingerprint density at radius 3 is 1.83 bits per heavy atom. The number of allylic oxidation sites excluding steroid dienone is 2. The zero-order valence-electron chi connectivity index (χ0n) is 13.8. The predicted octanol–water partition coefficient (Wildman–Crippen LogP) is 5.32. The molecule has 0 N–H and O–H groups in total. The lowest BCUT2D eigenvalue weighted by molar-refractivity contribution is -0.111. The van der Waals surface area contributed by atoms with E-state index in [1.165, 1.54) is 28.2 Å². The van der Waals surface area contributed by atoms with Crippen LogP contribution in [0.5, 0.6) is 0 Å². The van der Waals surface area contributed by atoms with Gasteiger partial charge in [-0.2, -0.15) is 0 Å². The van der Waals surface area contributed by atoms with Crippen LogP contribution in [0.25, 0.3) is 0 Å². The Labute approximate surface area is 138 Å². The zero-order valence-corrected chi connectivity index (χ0v) is 13.8. The van der Waals surface area contributed by atoms with E-state index in [1.54, 1.807) is 0 Å². The fraction of sp³-hybridized carbons (Fsp3) is 0.286. The van der Waals surface area contributed by atoms with Gasteiger partial charge in [0.25, 0.3) is 0 Å². The maximum atomic E-state index is 11.0. The number of anilines is 2. The van der Waals surface area contributed by atoms with Crippen molar-refractivity contribution in [2.75, 3.05) is 4.90 Å². The first-order valence-electron chi connectivity index (χ1n) is 8.25. The van der Waals surface area contributed by atoms with Gasteiger partial charge >= 0.3 is 0 Å². The number of carbonyl (C=O) groups excluding carboxylic acids is 1. The summed E-state index contributed by atoms with van der Waals surface area (Å²) in [4.78, 5) is 13.3. The van der Waals surface area contributed by atoms with E-state index in [0.717, 1.165) is 25.5 Å². The molecule has 1 unspecified atom stereocenters. The Morgan fingerprint density at radius 2 is 1.43 bits per heavy atom. The summed E-state index contributed by atoms with van der Waals surface area (Å²) in [5.41, 5.74) is 6.16. The van der Waals surface area contributed by atoms with Gasteiger partial charge in [0.05, 0.1) is 0 Å². The molecule has 0 amide bonds. The molecule has 118 valence electrons. The van der Waals surface area contributed by atoms with Gasteiger partial charge in [0.15, 0.2) is 0 Å². The highest BCUT2D eigenvalue weighted by Crippen LogP contribution is 2.35. The molecule has 2 nitrogen and oxygen atoms in total. The summed E-state index contributed by atoms with van der Waals surface area (Å²) in [6.07, 6.45) is 6.03. The highest BCUT2D eigenvalue weighted by Gasteiger charge is 2.20. The second kappa shape index (κ2) is 6.82. The molecule has 1 atom stereocenters. The Bertz CT molecular complexity index is 652. The number of hydrogen-bond donors (Lipinski definition) is 0. The van der Waals surface area contributed by atoms with Crippen molar-refractivity contribution in [3.63, 3.8) is 0 Å². The van der Waals surface area contributed by atoms with Crippen molar-refractivity contribution in [3.8, 4) is 0 Å². The minimum atomic E-state index is 0.177. The van der Waals surface area contributed by atoms with Crippen LogP contribution >= 0.6 is 0 Å². The minimum Gasteiger partial charge on any atom is -0.315 e. The summed E-state index contributed by atoms with van der Waals surface area (Å²) in [5, 5.41) is 0. The van der Waals surface area contributed by atoms with Crippen LogP contribution in [-0.4, -0.2) is 6.29 Å². The molecule has 1 aliphatic rings. The Morgan fingerprint density at radius 1 is 0.913 bits per heavy atom. The minimum absolute atomic E-state index is 0.177. The zero-order chi connectivity index (χ0) is 16.2. The van der Waals surface area contributed by atoms with E-state index in [4.69, 9.17) is 0 Å². The van der Waals surface area contributed by atoms with Crippen molar-refractivity contribution < 1.29 is 4.79 Å². The predicted molar refractivity (Wildman–Crippen MR) is 96.0 cm³/mol. The molecule has 2 heteroatoms. The lowest BCUT2D eigenvalue weighted by atomic mass is 9.92. The third-order valence-corrected chi connectivity index (χ3v) is 4.49. The fourth-order valence-corrected chi connectivity index (χ4v) is 3.04. The summed E-state index contributed by atoms with van der Waals surface area (Å²) in [7, 11) is 0. The Balaban J connectivity index is 2.00. The van der Waals surface area contributed by atoms with Crippen molar-refractivity contribution in [1.82, 2.24) is 0 Å². The van der Waals surface area contributed by atoms with Crippen LogP contribution < -0.4 is 4.90 Å². The molecule has 0 aromatic heterocycles. The lowest BCUT2D eigenvalue weighted by Crippen LogP contribution is -2.20. The van der Waals surface area contributed by atoms with Gasteiger partial charge in [-0.1, -0.05) is 41.5 Å². The number of aldehydes is 1. The van der Waals surface area contributed by atoms with Crippen LogP contribution in [0.15, 0.2) is 60.3 Å². The second-order valence-corrected chi connectivity index (χ2v) is 6.37. The molecule has 0 aliphatic heterocycles. The first-order chi connectivity index (χ1) is 11.2. The number of aryl methyl sites for hydroxylation is 2. The lowest BCUT2D eigenvalue weighted by Gasteiger charge is -2.31. The van der Waals surface area contributed by atoms with Crippen LogP contribution in [0.2, 0.25) is 0 Å². The normalized spacial score (nSPS) is 17.5. The van der Waals surface area contributed by atoms with Gasteiger partial charge in [-0.25, -0.2) is 0 Å². The molecule has 0 radical (unpaired) electrons. The van der Waals surface area contributed by atoms with Crippen molar-refractivity contribution in [3.05, 3.63) is 71.4 Å². The van der Waals surface area contributed by atoms with Crippen LogP contribution in [0.1, 0.15) is 30.4 Å². The van der Waals surface area contributed by atoms with E-state index in [9.17, 15) is 4.79 Å². The van der Waals surface area contributed by atoms with Crippen LogP contribution in [0.4, 0.5) is 11.4 Å². The van der Waals surface area contributed by atoms with E-state index in [0.29, 0.717) is 0 Å². The summed E-state index contributed by atoms with van der Waals surface area (Å²) < 4.78 is 0. The number of benzene rings is 2. The van der Waals surface area contributed by atoms with Gasteiger partial charge in [0.1, 0.15) is 6.29 Å². The topological polar surface area (TPSA) is 20.3 Å². The summed E-state index contributed by atoms with van der Waals surface area (Å²) in [6.45, 7) is 4.21. The first kappa shape index (κ1) is 15.5. The van der Waals surface area contributed by atoms with Gasteiger partial charge in [0, 0.05) is 23.0 Å². The summed E-state index contributed by atoms with van der Waals surface area (Å²) >= 11 is 0. The molecule has 0 fully saturated rings. The van der Waals surface area contributed by atoms with Crippen LogP contribution in [0.3, 0.4) is 0 Å². The van der Waals surface area contributed by atoms with Crippen molar-refractivity contribution in [2.24, 2.45) is 5.92 Å². The largest absolute Gasteiger partial charge is 0.315 e.